The van der Waals surface area contributed by atoms with Crippen LogP contribution in [0.5, 0.6) is 0 Å². The van der Waals surface area contributed by atoms with Gasteiger partial charge in [0.1, 0.15) is 0 Å². The molecule has 1 heterocycles. The van der Waals surface area contributed by atoms with Crippen molar-refractivity contribution in [3.8, 4) is 0 Å². The zero-order chi connectivity index (χ0) is 23.8. The Balaban J connectivity index is 1.77. The topological polar surface area (TPSA) is 52.6 Å². The first-order valence-electron chi connectivity index (χ1n) is 11.2. The molecule has 1 aliphatic heterocycles. The van der Waals surface area contributed by atoms with Gasteiger partial charge in [-0.15, -0.1) is 0 Å². The molecule has 1 fully saturated rings. The summed E-state index contributed by atoms with van der Waals surface area (Å²) in [6.07, 6.45) is 0. The van der Waals surface area contributed by atoms with Crippen molar-refractivity contribution in [1.29, 1.82) is 0 Å². The molecular weight excluding hydrogens is 424 g/mol. The summed E-state index contributed by atoms with van der Waals surface area (Å²) in [4.78, 5) is 28.4. The fraction of sp³-hybridized carbons (Fsp3) is 0.133. The number of rotatable bonds is 4. The number of cyclic esters (lactones) is 2. The molecule has 1 aliphatic rings. The van der Waals surface area contributed by atoms with E-state index in [-0.39, 0.29) is 0 Å². The molecule has 0 spiro atoms. The van der Waals surface area contributed by atoms with Crippen LogP contribution in [-0.4, -0.2) is 11.9 Å². The molecular formula is C30H24O4. The molecule has 0 bridgehead atoms. The van der Waals surface area contributed by atoms with Crippen LogP contribution in [0.15, 0.2) is 109 Å². The molecule has 0 amide bonds. The van der Waals surface area contributed by atoms with Gasteiger partial charge < -0.3 is 9.47 Å². The van der Waals surface area contributed by atoms with E-state index in [1.165, 1.54) is 0 Å². The highest BCUT2D eigenvalue weighted by molar-refractivity contribution is 5.99. The standard InChI is InChI=1S/C30H24O4/c1-21-13-9-11-19-25(21)29(23-15-5-3-6-16-23)27(31)34-30(28(32)33-29,24-17-7-4-8-18-24)26-20-12-10-14-22(26)2/h3-20H,1-2H3/t29-,30+. The van der Waals surface area contributed by atoms with Gasteiger partial charge in [-0.25, -0.2) is 9.59 Å². The van der Waals surface area contributed by atoms with Crippen LogP contribution in [0.2, 0.25) is 0 Å². The van der Waals surface area contributed by atoms with E-state index in [1.54, 1.807) is 36.4 Å². The number of hydrogen-bond donors (Lipinski definition) is 0. The Bertz CT molecular complexity index is 1260. The van der Waals surface area contributed by atoms with E-state index in [0.717, 1.165) is 11.1 Å². The summed E-state index contributed by atoms with van der Waals surface area (Å²) >= 11 is 0. The lowest BCUT2D eigenvalue weighted by molar-refractivity contribution is -0.220. The average Bonchev–Trinajstić information content (AvgIpc) is 2.87. The van der Waals surface area contributed by atoms with Crippen molar-refractivity contribution in [2.45, 2.75) is 25.0 Å². The molecule has 0 radical (unpaired) electrons. The van der Waals surface area contributed by atoms with E-state index in [4.69, 9.17) is 9.47 Å². The van der Waals surface area contributed by atoms with Crippen LogP contribution in [0, 0.1) is 13.8 Å². The normalized spacial score (nSPS) is 22.1. The Labute approximate surface area is 198 Å². The third kappa shape index (κ3) is 3.14. The fourth-order valence-electron chi connectivity index (χ4n) is 4.78. The molecule has 34 heavy (non-hydrogen) atoms. The second-order valence-electron chi connectivity index (χ2n) is 8.50. The van der Waals surface area contributed by atoms with E-state index >= 15 is 0 Å². The molecule has 1 saturated heterocycles. The Morgan fingerprint density at radius 3 is 1.15 bits per heavy atom. The zero-order valence-electron chi connectivity index (χ0n) is 19.0. The average molecular weight is 449 g/mol. The molecule has 4 aromatic rings. The van der Waals surface area contributed by atoms with Gasteiger partial charge in [-0.1, -0.05) is 109 Å². The van der Waals surface area contributed by atoms with Crippen LogP contribution in [0.3, 0.4) is 0 Å². The number of benzene rings is 4. The van der Waals surface area contributed by atoms with Gasteiger partial charge >= 0.3 is 11.9 Å². The molecule has 0 N–H and O–H groups in total. The Morgan fingerprint density at radius 2 is 0.794 bits per heavy atom. The lowest BCUT2D eigenvalue weighted by Crippen LogP contribution is -2.58. The number of aryl methyl sites for hydroxylation is 2. The molecule has 2 atom stereocenters. The predicted molar refractivity (Wildman–Crippen MR) is 129 cm³/mol. The quantitative estimate of drug-likeness (QED) is 0.382. The van der Waals surface area contributed by atoms with Crippen molar-refractivity contribution in [3.05, 3.63) is 143 Å². The maximum atomic E-state index is 14.2. The van der Waals surface area contributed by atoms with Crippen molar-refractivity contribution in [1.82, 2.24) is 0 Å². The van der Waals surface area contributed by atoms with Gasteiger partial charge in [-0.2, -0.15) is 0 Å². The Kier molecular flexibility index (Phi) is 5.29. The first-order chi connectivity index (χ1) is 16.5. The van der Waals surface area contributed by atoms with Crippen LogP contribution in [-0.2, 0) is 30.3 Å². The highest BCUT2D eigenvalue weighted by Crippen LogP contribution is 2.48. The summed E-state index contributed by atoms with van der Waals surface area (Å²) < 4.78 is 12.6. The first-order valence-corrected chi connectivity index (χ1v) is 11.2. The van der Waals surface area contributed by atoms with Crippen LogP contribution < -0.4 is 0 Å². The number of hydrogen-bond acceptors (Lipinski definition) is 4. The summed E-state index contributed by atoms with van der Waals surface area (Å²) in [5, 5.41) is 0. The molecule has 0 aromatic heterocycles. The lowest BCUT2D eigenvalue weighted by Gasteiger charge is -2.45. The van der Waals surface area contributed by atoms with Gasteiger partial charge in [0.05, 0.1) is 0 Å². The highest BCUT2D eigenvalue weighted by atomic mass is 16.7. The van der Waals surface area contributed by atoms with Crippen molar-refractivity contribution in [3.63, 3.8) is 0 Å². The largest absolute Gasteiger partial charge is 0.433 e. The molecule has 0 saturated carbocycles. The van der Waals surface area contributed by atoms with Crippen molar-refractivity contribution in [2.75, 3.05) is 0 Å². The monoisotopic (exact) mass is 448 g/mol. The van der Waals surface area contributed by atoms with Crippen molar-refractivity contribution >= 4 is 11.9 Å². The van der Waals surface area contributed by atoms with E-state index in [9.17, 15) is 9.59 Å². The minimum absolute atomic E-state index is 0.536. The number of ether oxygens (including phenoxy) is 2. The first kappa shape index (κ1) is 21.7. The zero-order valence-corrected chi connectivity index (χ0v) is 19.0. The second kappa shape index (κ2) is 8.31. The lowest BCUT2D eigenvalue weighted by atomic mass is 9.78. The highest BCUT2D eigenvalue weighted by Gasteiger charge is 2.62. The van der Waals surface area contributed by atoms with Crippen LogP contribution in [0.4, 0.5) is 0 Å². The van der Waals surface area contributed by atoms with E-state index in [1.807, 2.05) is 86.6 Å². The molecule has 5 rings (SSSR count). The summed E-state index contributed by atoms with van der Waals surface area (Å²) in [7, 11) is 0. The van der Waals surface area contributed by atoms with Crippen molar-refractivity contribution < 1.29 is 19.1 Å². The Hall–Kier alpha value is -4.18. The van der Waals surface area contributed by atoms with Crippen LogP contribution in [0.1, 0.15) is 33.4 Å². The predicted octanol–water partition coefficient (Wildman–Crippen LogP) is 5.59. The maximum absolute atomic E-state index is 14.2. The Morgan fingerprint density at radius 1 is 0.471 bits per heavy atom. The molecule has 4 nitrogen and oxygen atoms in total. The van der Waals surface area contributed by atoms with Gasteiger partial charge in [-0.05, 0) is 25.0 Å². The smallest absolute Gasteiger partial charge is 0.362 e. The minimum atomic E-state index is -1.72. The summed E-state index contributed by atoms with van der Waals surface area (Å²) in [6, 6.07) is 32.9. The number of esters is 2. The molecule has 0 unspecified atom stereocenters. The van der Waals surface area contributed by atoms with Crippen molar-refractivity contribution in [2.24, 2.45) is 0 Å². The number of carbonyl (C=O) groups is 2. The number of carbonyl (C=O) groups excluding carboxylic acids is 2. The third-order valence-corrected chi connectivity index (χ3v) is 6.48. The summed E-state index contributed by atoms with van der Waals surface area (Å²) in [6.45, 7) is 3.78. The van der Waals surface area contributed by atoms with E-state index < -0.39 is 23.1 Å². The molecule has 4 aromatic carbocycles. The van der Waals surface area contributed by atoms with Gasteiger partial charge in [0.25, 0.3) is 11.2 Å². The molecule has 168 valence electrons. The molecule has 0 aliphatic carbocycles. The van der Waals surface area contributed by atoms with Gasteiger partial charge in [0.15, 0.2) is 0 Å². The van der Waals surface area contributed by atoms with Crippen LogP contribution in [0.25, 0.3) is 0 Å². The second-order valence-corrected chi connectivity index (χ2v) is 8.50. The minimum Gasteiger partial charge on any atom is -0.433 e. The third-order valence-electron chi connectivity index (χ3n) is 6.48. The summed E-state index contributed by atoms with van der Waals surface area (Å²) in [5.41, 5.74) is 0.425. The van der Waals surface area contributed by atoms with Gasteiger partial charge in [0.2, 0.25) is 0 Å². The maximum Gasteiger partial charge on any atom is 0.362 e. The fourth-order valence-corrected chi connectivity index (χ4v) is 4.78. The molecule has 4 heteroatoms. The van der Waals surface area contributed by atoms with Crippen LogP contribution >= 0.6 is 0 Å². The van der Waals surface area contributed by atoms with Gasteiger partial charge in [-0.3, -0.25) is 0 Å². The SMILES string of the molecule is Cc1ccccc1[C@@]1(c2ccccc2)OC(=O)[C@](c2ccccc2)(c2ccccc2C)OC1=O. The van der Waals surface area contributed by atoms with Gasteiger partial charge in [0, 0.05) is 22.3 Å². The van der Waals surface area contributed by atoms with E-state index in [2.05, 4.69) is 0 Å². The summed E-state index contributed by atoms with van der Waals surface area (Å²) in [5.74, 6) is -1.28. The van der Waals surface area contributed by atoms with E-state index in [0.29, 0.717) is 22.3 Å².